The van der Waals surface area contributed by atoms with Gasteiger partial charge in [0, 0.05) is 25.9 Å². The Labute approximate surface area is 138 Å². The fraction of sp³-hybridized carbons (Fsp3) is 0.438. The first-order valence-electron chi connectivity index (χ1n) is 7.67. The molecule has 0 saturated carbocycles. The van der Waals surface area contributed by atoms with Crippen molar-refractivity contribution in [2.45, 2.75) is 31.5 Å². The molecule has 0 bridgehead atoms. The maximum Gasteiger partial charge on any atom is 0.335 e. The second-order valence-electron chi connectivity index (χ2n) is 6.06. The molecule has 8 nitrogen and oxygen atoms in total. The molecule has 2 aliphatic heterocycles. The highest BCUT2D eigenvalue weighted by Crippen LogP contribution is 2.35. The molecule has 8 heteroatoms. The molecule has 2 amide bonds. The van der Waals surface area contributed by atoms with E-state index in [0.717, 1.165) is 0 Å². The van der Waals surface area contributed by atoms with Crippen molar-refractivity contribution >= 4 is 23.5 Å². The predicted octanol–water partition coefficient (Wildman–Crippen LogP) is 0.458. The maximum absolute atomic E-state index is 12.7. The van der Waals surface area contributed by atoms with Crippen molar-refractivity contribution in [1.29, 1.82) is 0 Å². The number of ether oxygens (including phenoxy) is 1. The van der Waals surface area contributed by atoms with Crippen LogP contribution in [0.5, 0.6) is 5.75 Å². The van der Waals surface area contributed by atoms with E-state index in [1.165, 1.54) is 4.90 Å². The van der Waals surface area contributed by atoms with E-state index in [1.807, 2.05) is 0 Å². The SMILES string of the molecule is CC1Oc2c(cccc2C(=O)N2CCC(O)(C(=O)O)CC2)NC1=O. The molecular formula is C16H18N2O6. The van der Waals surface area contributed by atoms with Crippen molar-refractivity contribution in [2.24, 2.45) is 0 Å². The van der Waals surface area contributed by atoms with Crippen molar-refractivity contribution < 1.29 is 29.3 Å². The molecule has 3 N–H and O–H groups in total. The van der Waals surface area contributed by atoms with Crippen LogP contribution in [0.2, 0.25) is 0 Å². The minimum Gasteiger partial charge on any atom is -0.479 e. The normalized spacial score (nSPS) is 22.2. The Morgan fingerprint density at radius 2 is 2.00 bits per heavy atom. The van der Waals surface area contributed by atoms with Gasteiger partial charge in [-0.15, -0.1) is 0 Å². The van der Waals surface area contributed by atoms with E-state index in [2.05, 4.69) is 5.32 Å². The highest BCUT2D eigenvalue weighted by atomic mass is 16.5. The number of para-hydroxylation sites is 1. The van der Waals surface area contributed by atoms with E-state index in [1.54, 1.807) is 25.1 Å². The van der Waals surface area contributed by atoms with Gasteiger partial charge in [-0.3, -0.25) is 9.59 Å². The summed E-state index contributed by atoms with van der Waals surface area (Å²) in [7, 11) is 0. The molecule has 128 valence electrons. The lowest BCUT2D eigenvalue weighted by Gasteiger charge is -2.36. The number of hydrogen-bond acceptors (Lipinski definition) is 5. The first-order chi connectivity index (χ1) is 11.3. The molecular weight excluding hydrogens is 316 g/mol. The highest BCUT2D eigenvalue weighted by molar-refractivity contribution is 6.04. The number of fused-ring (bicyclic) bond motifs is 1. The van der Waals surface area contributed by atoms with Crippen LogP contribution in [0, 0.1) is 0 Å². The topological polar surface area (TPSA) is 116 Å². The van der Waals surface area contributed by atoms with Crippen LogP contribution < -0.4 is 10.1 Å². The van der Waals surface area contributed by atoms with Gasteiger partial charge in [-0.05, 0) is 19.1 Å². The second kappa shape index (κ2) is 5.79. The molecule has 0 spiro atoms. The molecule has 0 aromatic heterocycles. The van der Waals surface area contributed by atoms with Gasteiger partial charge in [0.05, 0.1) is 11.3 Å². The fourth-order valence-corrected chi connectivity index (χ4v) is 2.86. The summed E-state index contributed by atoms with van der Waals surface area (Å²) in [6.07, 6.45) is -0.765. The number of rotatable bonds is 2. The minimum atomic E-state index is -1.79. The number of amides is 2. The van der Waals surface area contributed by atoms with E-state index in [-0.39, 0.29) is 37.7 Å². The number of likely N-dealkylation sites (tertiary alicyclic amines) is 1. The maximum atomic E-state index is 12.7. The number of carbonyl (C=O) groups excluding carboxylic acids is 2. The molecule has 1 unspecified atom stereocenters. The standard InChI is InChI=1S/C16H18N2O6/c1-9-13(19)17-11-4-2-3-10(12(11)24-9)14(20)18-7-5-16(23,6-8-18)15(21)22/h2-4,9,23H,5-8H2,1H3,(H,17,19)(H,21,22). The summed E-state index contributed by atoms with van der Waals surface area (Å²) < 4.78 is 5.56. The van der Waals surface area contributed by atoms with Crippen LogP contribution in [0.15, 0.2) is 18.2 Å². The zero-order valence-corrected chi connectivity index (χ0v) is 13.1. The van der Waals surface area contributed by atoms with E-state index in [0.29, 0.717) is 17.0 Å². The van der Waals surface area contributed by atoms with E-state index in [9.17, 15) is 19.5 Å². The number of carbonyl (C=O) groups is 3. The van der Waals surface area contributed by atoms with Gasteiger partial charge in [0.1, 0.15) is 0 Å². The number of nitrogens with one attached hydrogen (secondary N) is 1. The Balaban J connectivity index is 1.81. The third-order valence-electron chi connectivity index (χ3n) is 4.44. The van der Waals surface area contributed by atoms with E-state index < -0.39 is 17.7 Å². The van der Waals surface area contributed by atoms with Crippen LogP contribution in [0.25, 0.3) is 0 Å². The first-order valence-corrected chi connectivity index (χ1v) is 7.67. The van der Waals surface area contributed by atoms with Gasteiger partial charge in [0.25, 0.3) is 11.8 Å². The third-order valence-corrected chi connectivity index (χ3v) is 4.44. The van der Waals surface area contributed by atoms with Gasteiger partial charge in [0.15, 0.2) is 17.5 Å². The smallest absolute Gasteiger partial charge is 0.335 e. The number of carboxylic acids is 1. The zero-order chi connectivity index (χ0) is 17.5. The Morgan fingerprint density at radius 1 is 1.33 bits per heavy atom. The molecule has 1 fully saturated rings. The van der Waals surface area contributed by atoms with Crippen LogP contribution in [0.4, 0.5) is 5.69 Å². The molecule has 3 rings (SSSR count). The minimum absolute atomic E-state index is 0.0307. The monoisotopic (exact) mass is 334 g/mol. The molecule has 1 atom stereocenters. The summed E-state index contributed by atoms with van der Waals surface area (Å²) in [4.78, 5) is 37.0. The lowest BCUT2D eigenvalue weighted by atomic mass is 9.91. The molecule has 2 heterocycles. The molecule has 0 aliphatic carbocycles. The summed E-state index contributed by atoms with van der Waals surface area (Å²) in [5, 5.41) is 21.7. The summed E-state index contributed by atoms with van der Waals surface area (Å²) in [6.45, 7) is 1.85. The molecule has 1 saturated heterocycles. The Morgan fingerprint density at radius 3 is 2.62 bits per heavy atom. The summed E-state index contributed by atoms with van der Waals surface area (Å²) in [6, 6.07) is 4.89. The third kappa shape index (κ3) is 2.69. The Hall–Kier alpha value is -2.61. The van der Waals surface area contributed by atoms with Gasteiger partial charge in [-0.1, -0.05) is 6.07 Å². The fourth-order valence-electron chi connectivity index (χ4n) is 2.86. The summed E-state index contributed by atoms with van der Waals surface area (Å²) in [5.74, 6) is -1.56. The number of piperidine rings is 1. The van der Waals surface area contributed by atoms with Gasteiger partial charge in [-0.25, -0.2) is 4.79 Å². The lowest BCUT2D eigenvalue weighted by Crippen LogP contribution is -2.51. The van der Waals surface area contributed by atoms with Crippen molar-refractivity contribution in [3.8, 4) is 5.75 Å². The largest absolute Gasteiger partial charge is 0.479 e. The van der Waals surface area contributed by atoms with Gasteiger partial charge < -0.3 is 25.2 Å². The van der Waals surface area contributed by atoms with Crippen LogP contribution >= 0.6 is 0 Å². The number of hydrogen-bond donors (Lipinski definition) is 3. The number of aliphatic hydroxyl groups is 1. The quantitative estimate of drug-likeness (QED) is 0.723. The highest BCUT2D eigenvalue weighted by Gasteiger charge is 2.41. The number of carboxylic acid groups (broad SMARTS) is 1. The van der Waals surface area contributed by atoms with Crippen LogP contribution in [-0.2, 0) is 9.59 Å². The van der Waals surface area contributed by atoms with E-state index in [4.69, 9.17) is 9.84 Å². The van der Waals surface area contributed by atoms with Crippen molar-refractivity contribution in [1.82, 2.24) is 4.90 Å². The van der Waals surface area contributed by atoms with Gasteiger partial charge in [-0.2, -0.15) is 0 Å². The van der Waals surface area contributed by atoms with Crippen LogP contribution in [0.1, 0.15) is 30.1 Å². The van der Waals surface area contributed by atoms with E-state index >= 15 is 0 Å². The average molecular weight is 334 g/mol. The van der Waals surface area contributed by atoms with Gasteiger partial charge in [0.2, 0.25) is 0 Å². The lowest BCUT2D eigenvalue weighted by molar-refractivity contribution is -0.162. The van der Waals surface area contributed by atoms with Crippen molar-refractivity contribution in [3.63, 3.8) is 0 Å². The number of benzene rings is 1. The molecule has 1 aromatic carbocycles. The van der Waals surface area contributed by atoms with Crippen LogP contribution in [-0.4, -0.2) is 57.7 Å². The van der Waals surface area contributed by atoms with Gasteiger partial charge >= 0.3 is 5.97 Å². The molecule has 0 radical (unpaired) electrons. The number of nitrogens with zero attached hydrogens (tertiary/aromatic N) is 1. The summed E-state index contributed by atoms with van der Waals surface area (Å²) >= 11 is 0. The number of anilines is 1. The second-order valence-corrected chi connectivity index (χ2v) is 6.06. The summed E-state index contributed by atoms with van der Waals surface area (Å²) in [5.41, 5.74) is -1.05. The molecule has 2 aliphatic rings. The van der Waals surface area contributed by atoms with Crippen molar-refractivity contribution in [2.75, 3.05) is 18.4 Å². The first kappa shape index (κ1) is 16.3. The zero-order valence-electron chi connectivity index (χ0n) is 13.1. The van der Waals surface area contributed by atoms with Crippen LogP contribution in [0.3, 0.4) is 0 Å². The average Bonchev–Trinajstić information content (AvgIpc) is 2.55. The number of aliphatic carboxylic acids is 1. The Kier molecular flexibility index (Phi) is 3.92. The Bertz CT molecular complexity index is 709. The van der Waals surface area contributed by atoms with Crippen molar-refractivity contribution in [3.05, 3.63) is 23.8 Å². The molecule has 1 aromatic rings. The molecule has 24 heavy (non-hydrogen) atoms. The predicted molar refractivity (Wildman–Crippen MR) is 82.9 cm³/mol.